The van der Waals surface area contributed by atoms with E-state index in [9.17, 15) is 35.9 Å². The van der Waals surface area contributed by atoms with Gasteiger partial charge in [-0.1, -0.05) is 45.9 Å². The number of aromatic amines is 1. The molecule has 0 aliphatic carbocycles. The molecule has 12 heteroatoms. The number of benzene rings is 2. The van der Waals surface area contributed by atoms with E-state index in [1.165, 1.54) is 52.3 Å². The zero-order valence-electron chi connectivity index (χ0n) is 25.6. The fourth-order valence-corrected chi connectivity index (χ4v) is 6.48. The van der Waals surface area contributed by atoms with Crippen molar-refractivity contribution in [1.29, 1.82) is 0 Å². The highest BCUT2D eigenvalue weighted by molar-refractivity contribution is 7.91. The average molecular weight is 649 g/mol. The second-order valence-corrected chi connectivity index (χ2v) is 14.3. The molecular weight excluding hydrogens is 612 g/mol. The number of rotatable bonds is 12. The van der Waals surface area contributed by atoms with Gasteiger partial charge in [-0.25, -0.2) is 17.8 Å². The van der Waals surface area contributed by atoms with Gasteiger partial charge < -0.3 is 14.8 Å². The van der Waals surface area contributed by atoms with E-state index >= 15 is 0 Å². The average Bonchev–Trinajstić information content (AvgIpc) is 3.37. The van der Waals surface area contributed by atoms with E-state index in [2.05, 4.69) is 9.97 Å². The van der Waals surface area contributed by atoms with Gasteiger partial charge in [-0.05, 0) is 65.3 Å². The number of Topliss-reactive ketones (excluding diaryl/α,β-unsaturated/α-hetero) is 1. The molecule has 4 rings (SSSR count). The zero-order valence-corrected chi connectivity index (χ0v) is 26.4. The monoisotopic (exact) mass is 648 g/mol. The number of hydrogen-bond donors (Lipinski definition) is 2. The normalized spacial score (nSPS) is 14.7. The molecule has 0 spiro atoms. The van der Waals surface area contributed by atoms with Gasteiger partial charge in [0, 0.05) is 29.5 Å². The van der Waals surface area contributed by atoms with Gasteiger partial charge in [-0.2, -0.15) is 13.2 Å². The molecule has 0 saturated carbocycles. The lowest BCUT2D eigenvalue weighted by Crippen LogP contribution is -2.51. The van der Waals surface area contributed by atoms with Gasteiger partial charge in [0.15, 0.2) is 26.2 Å². The molecule has 2 N–H and O–H groups in total. The van der Waals surface area contributed by atoms with Crippen LogP contribution in [0.3, 0.4) is 0 Å². The standard InChI is InChI=1S/C33H36F4N2O5S/c1-6-45(42,43)30-15-22-14-24(39-28(22)18-38-30)17-32(41,33(35,36)37)19-31(3,4)27-12-9-23(34)16-26(27)29(40)13-20(2)21-7-10-25(44-5)11-8-21/h7-12,14-16,18,20,39,41H,6,13,17,19H2,1-5H3/t20-,32-/m1/s1. The number of H-pyrrole nitrogens is 1. The number of carbonyl (C=O) groups is 1. The van der Waals surface area contributed by atoms with E-state index in [1.54, 1.807) is 24.3 Å². The van der Waals surface area contributed by atoms with Gasteiger partial charge >= 0.3 is 6.18 Å². The quantitative estimate of drug-likeness (QED) is 0.126. The summed E-state index contributed by atoms with van der Waals surface area (Å²) in [4.78, 5) is 20.2. The van der Waals surface area contributed by atoms with Crippen molar-refractivity contribution in [3.8, 4) is 5.75 Å². The van der Waals surface area contributed by atoms with Gasteiger partial charge in [0.1, 0.15) is 11.6 Å². The Balaban J connectivity index is 1.65. The summed E-state index contributed by atoms with van der Waals surface area (Å²) in [6, 6.07) is 13.1. The first kappa shape index (κ1) is 34.1. The number of halogens is 4. The first-order chi connectivity index (χ1) is 20.9. The van der Waals surface area contributed by atoms with Crippen molar-refractivity contribution < 1.29 is 40.6 Å². The number of aromatic nitrogens is 2. The number of pyridine rings is 1. The van der Waals surface area contributed by atoms with E-state index in [4.69, 9.17) is 4.74 Å². The summed E-state index contributed by atoms with van der Waals surface area (Å²) in [6.45, 7) is 6.22. The molecule has 0 bridgehead atoms. The summed E-state index contributed by atoms with van der Waals surface area (Å²) in [5.74, 6) is -0.990. The summed E-state index contributed by atoms with van der Waals surface area (Å²) < 4.78 is 87.9. The minimum atomic E-state index is -5.09. The van der Waals surface area contributed by atoms with Crippen molar-refractivity contribution >= 4 is 26.5 Å². The number of fused-ring (bicyclic) bond motifs is 1. The smallest absolute Gasteiger partial charge is 0.417 e. The third-order valence-corrected chi connectivity index (χ3v) is 9.79. The maximum absolute atomic E-state index is 14.6. The van der Waals surface area contributed by atoms with E-state index in [-0.39, 0.29) is 39.9 Å². The number of aliphatic hydroxyl groups is 1. The van der Waals surface area contributed by atoms with Gasteiger partial charge in [0.05, 0.1) is 24.6 Å². The Kier molecular flexibility index (Phi) is 9.51. The highest BCUT2D eigenvalue weighted by atomic mass is 32.2. The molecule has 0 saturated heterocycles. The van der Waals surface area contributed by atoms with E-state index in [1.807, 2.05) is 6.92 Å². The molecule has 2 aromatic heterocycles. The molecule has 0 radical (unpaired) electrons. The van der Waals surface area contributed by atoms with Crippen LogP contribution in [0.4, 0.5) is 17.6 Å². The summed E-state index contributed by atoms with van der Waals surface area (Å²) in [7, 11) is -2.12. The molecule has 242 valence electrons. The first-order valence-electron chi connectivity index (χ1n) is 14.4. The SMILES string of the molecule is CCS(=O)(=O)c1cc2cc(C[C@@](O)(CC(C)(C)c3ccc(F)cc3C(=O)C[C@@H](C)c3ccc(OC)cc3)C(F)(F)F)[nH]c2cn1. The Hall–Kier alpha value is -3.77. The fraction of sp³-hybridized carbons (Fsp3) is 0.394. The van der Waals surface area contributed by atoms with Crippen molar-refractivity contribution in [1.82, 2.24) is 9.97 Å². The van der Waals surface area contributed by atoms with Crippen LogP contribution in [0.25, 0.3) is 10.9 Å². The Morgan fingerprint density at radius 1 is 1.07 bits per heavy atom. The topological polar surface area (TPSA) is 109 Å². The lowest BCUT2D eigenvalue weighted by molar-refractivity contribution is -0.266. The molecular formula is C33H36F4N2O5S. The second kappa shape index (κ2) is 12.6. The number of nitrogens with zero attached hydrogens (tertiary/aromatic N) is 1. The molecule has 0 aliphatic heterocycles. The Morgan fingerprint density at radius 2 is 1.73 bits per heavy atom. The lowest BCUT2D eigenvalue weighted by atomic mass is 9.71. The summed E-state index contributed by atoms with van der Waals surface area (Å²) >= 11 is 0. The van der Waals surface area contributed by atoms with Crippen LogP contribution in [0, 0.1) is 5.82 Å². The number of hydrogen-bond acceptors (Lipinski definition) is 6. The minimum absolute atomic E-state index is 0.0113. The van der Waals surface area contributed by atoms with Crippen LogP contribution in [0.2, 0.25) is 0 Å². The molecule has 0 fully saturated rings. The zero-order chi connectivity index (χ0) is 33.4. The first-order valence-corrected chi connectivity index (χ1v) is 16.0. The molecule has 4 aromatic rings. The predicted molar refractivity (Wildman–Crippen MR) is 163 cm³/mol. The van der Waals surface area contributed by atoms with Gasteiger partial charge in [0.2, 0.25) is 0 Å². The van der Waals surface area contributed by atoms with Crippen molar-refractivity contribution in [2.45, 2.75) is 75.1 Å². The Bertz CT molecular complexity index is 1800. The van der Waals surface area contributed by atoms with E-state index in [0.29, 0.717) is 16.7 Å². The maximum Gasteiger partial charge on any atom is 0.417 e. The summed E-state index contributed by atoms with van der Waals surface area (Å²) in [5.41, 5.74) is -3.43. The highest BCUT2D eigenvalue weighted by Gasteiger charge is 2.56. The number of carbonyl (C=O) groups excluding carboxylic acids is 1. The molecule has 2 heterocycles. The molecule has 2 aromatic carbocycles. The van der Waals surface area contributed by atoms with Crippen LogP contribution in [-0.2, 0) is 21.7 Å². The number of nitrogens with one attached hydrogen (secondary N) is 1. The number of ether oxygens (including phenoxy) is 1. The molecule has 0 aliphatic rings. The molecule has 2 atom stereocenters. The van der Waals surface area contributed by atoms with Crippen LogP contribution in [0.15, 0.2) is 65.8 Å². The third kappa shape index (κ3) is 7.38. The number of methoxy groups -OCH3 is 1. The largest absolute Gasteiger partial charge is 0.497 e. The maximum atomic E-state index is 14.6. The fourth-order valence-electron chi connectivity index (χ4n) is 5.66. The van der Waals surface area contributed by atoms with E-state index in [0.717, 1.165) is 17.7 Å². The molecule has 7 nitrogen and oxygen atoms in total. The van der Waals surface area contributed by atoms with Crippen LogP contribution < -0.4 is 4.74 Å². The number of alkyl halides is 3. The van der Waals surface area contributed by atoms with Gasteiger partial charge in [-0.3, -0.25) is 4.79 Å². The predicted octanol–water partition coefficient (Wildman–Crippen LogP) is 7.08. The molecule has 0 unspecified atom stereocenters. The summed E-state index contributed by atoms with van der Waals surface area (Å²) in [5, 5.41) is 11.4. The molecule has 0 amide bonds. The summed E-state index contributed by atoms with van der Waals surface area (Å²) in [6.07, 6.45) is -5.64. The number of ketones is 1. The Labute approximate surface area is 259 Å². The van der Waals surface area contributed by atoms with Gasteiger partial charge in [-0.15, -0.1) is 0 Å². The minimum Gasteiger partial charge on any atom is -0.497 e. The van der Waals surface area contributed by atoms with Crippen molar-refractivity contribution in [2.75, 3.05) is 12.9 Å². The van der Waals surface area contributed by atoms with Crippen molar-refractivity contribution in [2.24, 2.45) is 0 Å². The van der Waals surface area contributed by atoms with Crippen molar-refractivity contribution in [3.05, 3.63) is 89.0 Å². The van der Waals surface area contributed by atoms with Crippen LogP contribution in [0.5, 0.6) is 5.75 Å². The Morgan fingerprint density at radius 3 is 2.33 bits per heavy atom. The third-order valence-electron chi connectivity index (χ3n) is 8.17. The van der Waals surface area contributed by atoms with Crippen LogP contribution in [0.1, 0.15) is 73.6 Å². The molecule has 45 heavy (non-hydrogen) atoms. The van der Waals surface area contributed by atoms with E-state index < -0.39 is 51.5 Å². The van der Waals surface area contributed by atoms with Crippen LogP contribution >= 0.6 is 0 Å². The highest BCUT2D eigenvalue weighted by Crippen LogP contribution is 2.44. The number of sulfone groups is 1. The van der Waals surface area contributed by atoms with Crippen molar-refractivity contribution in [3.63, 3.8) is 0 Å². The van der Waals surface area contributed by atoms with Crippen LogP contribution in [-0.4, -0.2) is 53.9 Å². The lowest BCUT2D eigenvalue weighted by Gasteiger charge is -2.38. The van der Waals surface area contributed by atoms with Gasteiger partial charge in [0.25, 0.3) is 0 Å². The second-order valence-electron chi connectivity index (χ2n) is 12.1.